The second-order valence-corrected chi connectivity index (χ2v) is 5.43. The number of hydrogen-bond donors (Lipinski definition) is 1. The van der Waals surface area contributed by atoms with E-state index in [-0.39, 0.29) is 6.04 Å². The Morgan fingerprint density at radius 2 is 2.05 bits per heavy atom. The van der Waals surface area contributed by atoms with Gasteiger partial charge in [-0.1, -0.05) is 6.07 Å². The Hall–Kier alpha value is -2.14. The molecule has 0 unspecified atom stereocenters. The van der Waals surface area contributed by atoms with Gasteiger partial charge in [0.1, 0.15) is 5.69 Å². The summed E-state index contributed by atoms with van der Waals surface area (Å²) < 4.78 is 1.90. The molecule has 0 aliphatic carbocycles. The predicted octanol–water partition coefficient (Wildman–Crippen LogP) is 2.42. The number of nitrogens with zero attached hydrogens (tertiary/aromatic N) is 3. The number of piperidine rings is 1. The fourth-order valence-electron chi connectivity index (χ4n) is 2.97. The van der Waals surface area contributed by atoms with Gasteiger partial charge < -0.3 is 9.67 Å². The molecule has 1 fully saturated rings. The molecular weight excluding hydrogens is 266 g/mol. The average molecular weight is 285 g/mol. The Labute approximate surface area is 123 Å². The fraction of sp³-hybridized carbons (Fsp3) is 0.375. The van der Waals surface area contributed by atoms with E-state index in [1.165, 1.54) is 0 Å². The van der Waals surface area contributed by atoms with Crippen molar-refractivity contribution < 1.29 is 9.90 Å². The third-order valence-corrected chi connectivity index (χ3v) is 4.06. The topological polar surface area (TPSA) is 58.4 Å². The van der Waals surface area contributed by atoms with Crippen LogP contribution >= 0.6 is 0 Å². The molecule has 2 aromatic heterocycles. The second-order valence-electron chi connectivity index (χ2n) is 5.43. The monoisotopic (exact) mass is 285 g/mol. The van der Waals surface area contributed by atoms with Crippen LogP contribution in [-0.2, 0) is 6.54 Å². The lowest BCUT2D eigenvalue weighted by Gasteiger charge is -2.33. The maximum atomic E-state index is 11.2. The summed E-state index contributed by atoms with van der Waals surface area (Å²) in [6, 6.07) is 9.74. The molecule has 0 saturated carbocycles. The van der Waals surface area contributed by atoms with Crippen molar-refractivity contribution in [2.75, 3.05) is 13.1 Å². The summed E-state index contributed by atoms with van der Waals surface area (Å²) >= 11 is 0. The molecule has 0 amide bonds. The Kier molecular flexibility index (Phi) is 4.01. The van der Waals surface area contributed by atoms with Crippen LogP contribution in [0.2, 0.25) is 0 Å². The van der Waals surface area contributed by atoms with Crippen molar-refractivity contribution in [2.24, 2.45) is 0 Å². The van der Waals surface area contributed by atoms with Crippen LogP contribution in [-0.4, -0.2) is 38.6 Å². The van der Waals surface area contributed by atoms with Crippen molar-refractivity contribution in [1.82, 2.24) is 14.5 Å². The molecule has 5 nitrogen and oxygen atoms in total. The zero-order chi connectivity index (χ0) is 14.7. The van der Waals surface area contributed by atoms with E-state index in [1.807, 2.05) is 41.2 Å². The van der Waals surface area contributed by atoms with Crippen LogP contribution in [0.25, 0.3) is 0 Å². The number of rotatable bonds is 4. The smallest absolute Gasteiger partial charge is 0.352 e. The SMILES string of the molecule is O=C(O)c1cccn1C1CCN(Cc2ccccn2)CC1. The number of hydrogen-bond acceptors (Lipinski definition) is 3. The number of aromatic carboxylic acids is 1. The number of carbonyl (C=O) groups is 1. The van der Waals surface area contributed by atoms with E-state index in [0.29, 0.717) is 5.69 Å². The number of pyridine rings is 1. The molecule has 5 heteroatoms. The number of aromatic nitrogens is 2. The lowest BCUT2D eigenvalue weighted by Crippen LogP contribution is -2.34. The van der Waals surface area contributed by atoms with E-state index >= 15 is 0 Å². The Balaban J connectivity index is 1.60. The normalized spacial score (nSPS) is 17.0. The van der Waals surface area contributed by atoms with Crippen LogP contribution in [0.1, 0.15) is 35.1 Å². The van der Waals surface area contributed by atoms with Gasteiger partial charge in [0.2, 0.25) is 0 Å². The van der Waals surface area contributed by atoms with Crippen LogP contribution in [0, 0.1) is 0 Å². The highest BCUT2D eigenvalue weighted by Gasteiger charge is 2.23. The van der Waals surface area contributed by atoms with Gasteiger partial charge in [0.25, 0.3) is 0 Å². The summed E-state index contributed by atoms with van der Waals surface area (Å²) in [4.78, 5) is 17.9. The molecule has 1 saturated heterocycles. The average Bonchev–Trinajstić information content (AvgIpc) is 2.99. The zero-order valence-corrected chi connectivity index (χ0v) is 11.9. The van der Waals surface area contributed by atoms with Gasteiger partial charge in [0.15, 0.2) is 0 Å². The molecule has 1 N–H and O–H groups in total. The van der Waals surface area contributed by atoms with E-state index in [0.717, 1.165) is 38.2 Å². The fourth-order valence-corrected chi connectivity index (χ4v) is 2.97. The Morgan fingerprint density at radius 1 is 1.24 bits per heavy atom. The molecule has 0 aromatic carbocycles. The van der Waals surface area contributed by atoms with E-state index in [9.17, 15) is 9.90 Å². The highest BCUT2D eigenvalue weighted by atomic mass is 16.4. The minimum absolute atomic E-state index is 0.283. The number of carboxylic acid groups (broad SMARTS) is 1. The van der Waals surface area contributed by atoms with E-state index in [1.54, 1.807) is 6.07 Å². The molecule has 21 heavy (non-hydrogen) atoms. The zero-order valence-electron chi connectivity index (χ0n) is 11.9. The molecular formula is C16H19N3O2. The van der Waals surface area contributed by atoms with Crippen molar-refractivity contribution in [1.29, 1.82) is 0 Å². The summed E-state index contributed by atoms with van der Waals surface area (Å²) in [5.74, 6) is -0.851. The largest absolute Gasteiger partial charge is 0.477 e. The van der Waals surface area contributed by atoms with Gasteiger partial charge in [0.05, 0.1) is 5.69 Å². The van der Waals surface area contributed by atoms with Crippen LogP contribution in [0.3, 0.4) is 0 Å². The van der Waals surface area contributed by atoms with Crippen LogP contribution in [0.15, 0.2) is 42.7 Å². The summed E-state index contributed by atoms with van der Waals surface area (Å²) in [7, 11) is 0. The lowest BCUT2D eigenvalue weighted by atomic mass is 10.0. The molecule has 0 atom stereocenters. The van der Waals surface area contributed by atoms with E-state index in [2.05, 4.69) is 9.88 Å². The summed E-state index contributed by atoms with van der Waals surface area (Å²) in [6.45, 7) is 2.81. The molecule has 0 radical (unpaired) electrons. The lowest BCUT2D eigenvalue weighted by molar-refractivity contribution is 0.0678. The first-order valence-electron chi connectivity index (χ1n) is 7.26. The Bertz CT molecular complexity index is 601. The molecule has 0 spiro atoms. The standard InChI is InChI=1S/C16H19N3O2/c20-16(21)15-5-3-9-19(15)14-6-10-18(11-7-14)12-13-4-1-2-8-17-13/h1-5,8-9,14H,6-7,10-12H2,(H,20,21). The quantitative estimate of drug-likeness (QED) is 0.937. The molecule has 3 heterocycles. The molecule has 2 aromatic rings. The highest BCUT2D eigenvalue weighted by molar-refractivity contribution is 5.85. The third kappa shape index (κ3) is 3.13. The van der Waals surface area contributed by atoms with Gasteiger partial charge in [-0.15, -0.1) is 0 Å². The Morgan fingerprint density at radius 3 is 2.71 bits per heavy atom. The maximum Gasteiger partial charge on any atom is 0.352 e. The minimum atomic E-state index is -0.851. The van der Waals surface area contributed by atoms with Crippen molar-refractivity contribution in [3.05, 3.63) is 54.1 Å². The summed E-state index contributed by atoms with van der Waals surface area (Å²) in [5.41, 5.74) is 1.47. The summed E-state index contributed by atoms with van der Waals surface area (Å²) in [6.07, 6.45) is 5.65. The molecule has 110 valence electrons. The molecule has 1 aliphatic heterocycles. The number of likely N-dealkylation sites (tertiary alicyclic amines) is 1. The van der Waals surface area contributed by atoms with Crippen LogP contribution in [0.4, 0.5) is 0 Å². The molecule has 3 rings (SSSR count). The maximum absolute atomic E-state index is 11.2. The molecule has 0 bridgehead atoms. The molecule has 1 aliphatic rings. The summed E-state index contributed by atoms with van der Waals surface area (Å²) in [5, 5.41) is 9.19. The van der Waals surface area contributed by atoms with Gasteiger partial charge in [-0.2, -0.15) is 0 Å². The minimum Gasteiger partial charge on any atom is -0.477 e. The third-order valence-electron chi connectivity index (χ3n) is 4.06. The van der Waals surface area contributed by atoms with Gasteiger partial charge >= 0.3 is 5.97 Å². The van der Waals surface area contributed by atoms with Gasteiger partial charge in [-0.25, -0.2) is 4.79 Å². The van der Waals surface area contributed by atoms with Gasteiger partial charge in [-0.05, 0) is 37.1 Å². The van der Waals surface area contributed by atoms with Crippen molar-refractivity contribution in [3.63, 3.8) is 0 Å². The van der Waals surface area contributed by atoms with Crippen molar-refractivity contribution in [2.45, 2.75) is 25.4 Å². The first-order valence-corrected chi connectivity index (χ1v) is 7.26. The van der Waals surface area contributed by atoms with Crippen molar-refractivity contribution >= 4 is 5.97 Å². The van der Waals surface area contributed by atoms with E-state index in [4.69, 9.17) is 0 Å². The van der Waals surface area contributed by atoms with E-state index < -0.39 is 5.97 Å². The van der Waals surface area contributed by atoms with Crippen molar-refractivity contribution in [3.8, 4) is 0 Å². The first kappa shape index (κ1) is 13.8. The second kappa shape index (κ2) is 6.10. The van der Waals surface area contributed by atoms with Crippen LogP contribution in [0.5, 0.6) is 0 Å². The number of carboxylic acids is 1. The highest BCUT2D eigenvalue weighted by Crippen LogP contribution is 2.25. The predicted molar refractivity (Wildman–Crippen MR) is 79.2 cm³/mol. The first-order chi connectivity index (χ1) is 10.2. The van der Waals surface area contributed by atoms with Gasteiger partial charge in [0, 0.05) is 38.1 Å². The van der Waals surface area contributed by atoms with Crippen LogP contribution < -0.4 is 0 Å². The van der Waals surface area contributed by atoms with Gasteiger partial charge in [-0.3, -0.25) is 9.88 Å².